The molecule has 0 aromatic carbocycles. The van der Waals surface area contributed by atoms with Crippen LogP contribution in [-0.4, -0.2) is 48.6 Å². The number of thiazole rings is 1. The van der Waals surface area contributed by atoms with Crippen LogP contribution in [-0.2, 0) is 4.74 Å². The van der Waals surface area contributed by atoms with Gasteiger partial charge in [-0.2, -0.15) is 14.6 Å². The molecule has 4 aromatic rings. The van der Waals surface area contributed by atoms with Crippen LogP contribution in [0.5, 0.6) is 0 Å². The van der Waals surface area contributed by atoms with Crippen LogP contribution in [0.2, 0.25) is 0 Å². The first kappa shape index (κ1) is 25.9. The van der Waals surface area contributed by atoms with Gasteiger partial charge in [0.15, 0.2) is 5.82 Å². The fourth-order valence-electron chi connectivity index (χ4n) is 4.21. The van der Waals surface area contributed by atoms with Crippen molar-refractivity contribution >= 4 is 35.3 Å². The summed E-state index contributed by atoms with van der Waals surface area (Å²) in [7, 11) is 0. The lowest BCUT2D eigenvalue weighted by molar-refractivity contribution is 0.0260. The number of aromatic nitrogens is 6. The van der Waals surface area contributed by atoms with Gasteiger partial charge in [-0.15, -0.1) is 23.7 Å². The first-order valence-corrected chi connectivity index (χ1v) is 12.2. The summed E-state index contributed by atoms with van der Waals surface area (Å²) in [4.78, 5) is 21.1. The molecule has 36 heavy (non-hydrogen) atoms. The number of hydrogen-bond acceptors (Lipinski definition) is 7. The summed E-state index contributed by atoms with van der Waals surface area (Å²) in [5, 5.41) is 16.1. The van der Waals surface area contributed by atoms with Crippen molar-refractivity contribution in [2.75, 3.05) is 11.9 Å². The van der Waals surface area contributed by atoms with E-state index < -0.39 is 17.7 Å². The molecule has 1 aliphatic rings. The van der Waals surface area contributed by atoms with Crippen molar-refractivity contribution in [1.29, 1.82) is 0 Å². The molecule has 0 unspecified atom stereocenters. The molecule has 1 aliphatic carbocycles. The summed E-state index contributed by atoms with van der Waals surface area (Å²) in [5.41, 5.74) is 0.981. The van der Waals surface area contributed by atoms with Crippen LogP contribution in [0, 0.1) is 11.8 Å². The van der Waals surface area contributed by atoms with E-state index in [0.29, 0.717) is 11.6 Å². The Morgan fingerprint density at radius 3 is 2.75 bits per heavy atom. The number of amides is 1. The van der Waals surface area contributed by atoms with Crippen LogP contribution < -0.4 is 5.32 Å². The van der Waals surface area contributed by atoms with Gasteiger partial charge in [0, 0.05) is 29.9 Å². The van der Waals surface area contributed by atoms with Gasteiger partial charge in [0.1, 0.15) is 22.1 Å². The van der Waals surface area contributed by atoms with Gasteiger partial charge < -0.3 is 10.1 Å². The van der Waals surface area contributed by atoms with Crippen LogP contribution in [0.4, 0.5) is 14.5 Å². The maximum absolute atomic E-state index is 14.6. The van der Waals surface area contributed by atoms with E-state index in [2.05, 4.69) is 30.6 Å². The fraction of sp³-hybridized carbons (Fsp3) is 0.348. The lowest BCUT2D eigenvalue weighted by Crippen LogP contribution is -2.24. The Hall–Kier alpha value is -3.22. The molecule has 5 rings (SSSR count). The molecule has 4 heterocycles. The Kier molecular flexibility index (Phi) is 8.07. The highest BCUT2D eigenvalue weighted by molar-refractivity contribution is 7.13. The predicted octanol–water partition coefficient (Wildman–Crippen LogP) is 5.26. The van der Waals surface area contributed by atoms with Gasteiger partial charge >= 0.3 is 0 Å². The number of hydrogen-bond donors (Lipinski definition) is 2. The minimum absolute atomic E-state index is 0. The molecule has 0 atom stereocenters. The summed E-state index contributed by atoms with van der Waals surface area (Å²) in [6.07, 6.45) is 8.53. The van der Waals surface area contributed by atoms with E-state index in [0.717, 1.165) is 43.4 Å². The van der Waals surface area contributed by atoms with E-state index in [9.17, 15) is 13.6 Å². The van der Waals surface area contributed by atoms with Crippen LogP contribution in [0.25, 0.3) is 22.0 Å². The van der Waals surface area contributed by atoms with Gasteiger partial charge in [-0.1, -0.05) is 0 Å². The van der Waals surface area contributed by atoms with Crippen molar-refractivity contribution in [3.05, 3.63) is 53.6 Å². The number of ether oxygens (including phenoxy) is 1. The van der Waals surface area contributed by atoms with Crippen LogP contribution in [0.1, 0.15) is 49.1 Å². The van der Waals surface area contributed by atoms with E-state index in [1.54, 1.807) is 28.7 Å². The number of carbonyl (C=O) groups is 1. The maximum Gasteiger partial charge on any atom is 0.275 e. The number of aromatic amines is 1. The van der Waals surface area contributed by atoms with Gasteiger partial charge in [0.25, 0.3) is 5.91 Å². The summed E-state index contributed by atoms with van der Waals surface area (Å²) in [5.74, 6) is -2.06. The number of pyridine rings is 1. The number of H-pyrrole nitrogens is 1. The van der Waals surface area contributed by atoms with Crippen LogP contribution >= 0.6 is 23.7 Å². The zero-order valence-corrected chi connectivity index (χ0v) is 20.9. The summed E-state index contributed by atoms with van der Waals surface area (Å²) < 4.78 is 35.9. The van der Waals surface area contributed by atoms with Gasteiger partial charge in [0.2, 0.25) is 5.95 Å². The number of anilines is 1. The second-order valence-electron chi connectivity index (χ2n) is 8.20. The molecule has 4 aromatic heterocycles. The lowest BCUT2D eigenvalue weighted by atomic mass is 9.93. The Bertz CT molecular complexity index is 1320. The minimum Gasteiger partial charge on any atom is -0.379 e. The van der Waals surface area contributed by atoms with Crippen LogP contribution in [0.3, 0.4) is 0 Å². The molecule has 13 heteroatoms. The Labute approximate surface area is 215 Å². The molecule has 0 aliphatic heterocycles. The predicted molar refractivity (Wildman–Crippen MR) is 133 cm³/mol. The molecule has 1 saturated carbocycles. The molecule has 0 saturated heterocycles. The molecular weight excluding hydrogens is 512 g/mol. The van der Waals surface area contributed by atoms with E-state index in [4.69, 9.17) is 4.74 Å². The smallest absolute Gasteiger partial charge is 0.275 e. The van der Waals surface area contributed by atoms with Gasteiger partial charge in [0.05, 0.1) is 24.0 Å². The van der Waals surface area contributed by atoms with Crippen molar-refractivity contribution in [3.8, 4) is 22.0 Å². The first-order chi connectivity index (χ1) is 17.0. The van der Waals surface area contributed by atoms with E-state index in [-0.39, 0.29) is 47.3 Å². The second-order valence-corrected chi connectivity index (χ2v) is 9.06. The topological polar surface area (TPSA) is 111 Å². The van der Waals surface area contributed by atoms with Crippen molar-refractivity contribution in [1.82, 2.24) is 29.9 Å². The maximum atomic E-state index is 14.6. The number of rotatable bonds is 7. The van der Waals surface area contributed by atoms with Gasteiger partial charge in [-0.3, -0.25) is 14.6 Å². The van der Waals surface area contributed by atoms with Gasteiger partial charge in [-0.25, -0.2) is 14.4 Å². The third kappa shape index (κ3) is 5.45. The molecule has 0 spiro atoms. The molecule has 1 amide bonds. The van der Waals surface area contributed by atoms with Crippen molar-refractivity contribution in [2.24, 2.45) is 0 Å². The zero-order chi connectivity index (χ0) is 24.4. The highest BCUT2D eigenvalue weighted by Gasteiger charge is 2.27. The third-order valence-corrected chi connectivity index (χ3v) is 6.81. The number of halogens is 3. The normalized spacial score (nSPS) is 17.5. The fourth-order valence-corrected chi connectivity index (χ4v) is 4.99. The minimum atomic E-state index is -0.838. The van der Waals surface area contributed by atoms with Crippen molar-refractivity contribution < 1.29 is 18.3 Å². The standard InChI is InChI=1S/C23H23F2N7O2S.ClH/c1-2-34-15-5-3-14(4-6-15)32-11-17(21(31-32)20-16(24)7-8-19(25)30-20)28-22(33)18-12-35-23(29-18)13-9-26-27-10-13;/h7-12,14-15H,2-6H2,1H3,(H,26,27)(H,28,33);1H. The van der Waals surface area contributed by atoms with Crippen molar-refractivity contribution in [3.63, 3.8) is 0 Å². The molecule has 190 valence electrons. The Morgan fingerprint density at radius 2 is 2.03 bits per heavy atom. The highest BCUT2D eigenvalue weighted by atomic mass is 35.5. The monoisotopic (exact) mass is 535 g/mol. The first-order valence-electron chi connectivity index (χ1n) is 11.3. The van der Waals surface area contributed by atoms with Gasteiger partial charge in [-0.05, 0) is 44.7 Å². The van der Waals surface area contributed by atoms with E-state index in [1.165, 1.54) is 11.3 Å². The summed E-state index contributed by atoms with van der Waals surface area (Å²) >= 11 is 1.30. The largest absolute Gasteiger partial charge is 0.379 e. The molecular formula is C23H24ClF2N7O2S. The molecule has 0 bridgehead atoms. The van der Waals surface area contributed by atoms with E-state index >= 15 is 0 Å². The Balaban J connectivity index is 0.00000304. The summed E-state index contributed by atoms with van der Waals surface area (Å²) in [6, 6.07) is 1.97. The quantitative estimate of drug-likeness (QED) is 0.312. The molecule has 9 nitrogen and oxygen atoms in total. The Morgan fingerprint density at radius 1 is 1.22 bits per heavy atom. The zero-order valence-electron chi connectivity index (χ0n) is 19.3. The number of nitrogens with zero attached hydrogens (tertiary/aromatic N) is 5. The highest BCUT2D eigenvalue weighted by Crippen LogP contribution is 2.34. The van der Waals surface area contributed by atoms with Crippen molar-refractivity contribution in [2.45, 2.75) is 44.8 Å². The molecule has 2 N–H and O–H groups in total. The number of nitrogens with one attached hydrogen (secondary N) is 2. The molecule has 0 radical (unpaired) electrons. The van der Waals surface area contributed by atoms with Crippen LogP contribution in [0.15, 0.2) is 36.1 Å². The average molecular weight is 536 g/mol. The second kappa shape index (κ2) is 11.2. The van der Waals surface area contributed by atoms with E-state index in [1.807, 2.05) is 6.92 Å². The molecule has 1 fully saturated rings. The lowest BCUT2D eigenvalue weighted by Gasteiger charge is -2.28. The number of carbonyl (C=O) groups excluding carboxylic acids is 1. The summed E-state index contributed by atoms with van der Waals surface area (Å²) in [6.45, 7) is 2.64. The third-order valence-electron chi connectivity index (χ3n) is 5.92. The SMILES string of the molecule is CCOC1CCC(n2cc(NC(=O)c3csc(-c4cn[nH]c4)n3)c(-c3nc(F)ccc3F)n2)CC1.Cl. The average Bonchev–Trinajstić information content (AvgIpc) is 3.62.